The molecule has 0 bridgehead atoms. The Morgan fingerprint density at radius 1 is 0.655 bits per heavy atom. The second kappa shape index (κ2) is 22.2. The highest BCUT2D eigenvalue weighted by molar-refractivity contribution is 5.71. The molecule has 0 aliphatic heterocycles. The highest BCUT2D eigenvalue weighted by Crippen LogP contribution is 2.68. The fourth-order valence-electron chi connectivity index (χ4n) is 13.0. The summed E-state index contributed by atoms with van der Waals surface area (Å²) in [6.45, 7) is 21.2. The summed E-state index contributed by atoms with van der Waals surface area (Å²) >= 11 is 0. The van der Waals surface area contributed by atoms with Crippen molar-refractivity contribution in [1.82, 2.24) is 0 Å². The first-order chi connectivity index (χ1) is 27.8. The zero-order chi connectivity index (χ0) is 42.0. The molecule has 5 fully saturated rings. The molecule has 5 unspecified atom stereocenters. The van der Waals surface area contributed by atoms with Gasteiger partial charge in [-0.15, -0.1) is 0 Å². The Kier molecular flexibility index (Phi) is 18.3. The smallest absolute Gasteiger partial charge is 0.332 e. The lowest BCUT2D eigenvalue weighted by molar-refractivity contribution is -0.267. The van der Waals surface area contributed by atoms with Gasteiger partial charge in [-0.3, -0.25) is 4.79 Å². The van der Waals surface area contributed by atoms with E-state index in [-0.39, 0.29) is 12.7 Å². The van der Waals surface area contributed by atoms with E-state index in [0.717, 1.165) is 93.3 Å². The summed E-state index contributed by atoms with van der Waals surface area (Å²) in [5.41, 5.74) is 0.819. The molecule has 0 aromatic carbocycles. The number of unbranched alkanes of at least 4 members (excludes halogenated alkanes) is 3. The van der Waals surface area contributed by atoms with E-state index in [1.54, 1.807) is 0 Å². The second-order valence-corrected chi connectivity index (χ2v) is 20.5. The first kappa shape index (κ1) is 47.8. The van der Waals surface area contributed by atoms with Crippen molar-refractivity contribution in [1.29, 1.82) is 0 Å². The Bertz CT molecular complexity index is 1260. The average molecular weight is 819 g/mol. The van der Waals surface area contributed by atoms with Gasteiger partial charge >= 0.3 is 11.9 Å². The number of hydrogen-bond acceptors (Lipinski definition) is 9. The molecule has 9 heteroatoms. The van der Waals surface area contributed by atoms with Gasteiger partial charge in [-0.1, -0.05) is 93.9 Å². The van der Waals surface area contributed by atoms with E-state index in [0.29, 0.717) is 36.6 Å². The van der Waals surface area contributed by atoms with Crippen molar-refractivity contribution < 1.29 is 43.1 Å². The van der Waals surface area contributed by atoms with Gasteiger partial charge in [0.1, 0.15) is 31.0 Å². The Morgan fingerprint density at radius 3 is 1.88 bits per heavy atom. The van der Waals surface area contributed by atoms with Crippen LogP contribution in [0.15, 0.2) is 0 Å². The van der Waals surface area contributed by atoms with Gasteiger partial charge in [-0.25, -0.2) is 4.79 Å². The lowest BCUT2D eigenvalue weighted by Gasteiger charge is -2.61. The van der Waals surface area contributed by atoms with Crippen molar-refractivity contribution >= 4 is 11.9 Å². The van der Waals surface area contributed by atoms with Crippen LogP contribution in [0.25, 0.3) is 0 Å². The molecule has 1 N–H and O–H groups in total. The minimum absolute atomic E-state index is 0.00859. The number of carbonyl (C=O) groups is 2. The van der Waals surface area contributed by atoms with Crippen LogP contribution < -0.4 is 0 Å². The van der Waals surface area contributed by atoms with Crippen LogP contribution in [0.1, 0.15) is 178 Å². The van der Waals surface area contributed by atoms with Crippen molar-refractivity contribution in [2.24, 2.45) is 52.3 Å². The molecule has 5 aliphatic carbocycles. The van der Waals surface area contributed by atoms with Crippen LogP contribution in [0.3, 0.4) is 0 Å². The largest absolute Gasteiger partial charge is 0.456 e. The van der Waals surface area contributed by atoms with Crippen LogP contribution in [0.4, 0.5) is 0 Å². The highest BCUT2D eigenvalue weighted by Gasteiger charge is 2.61. The molecule has 0 spiro atoms. The highest BCUT2D eigenvalue weighted by atomic mass is 16.6. The van der Waals surface area contributed by atoms with Crippen LogP contribution in [0.2, 0.25) is 0 Å². The van der Waals surface area contributed by atoms with Crippen LogP contribution >= 0.6 is 0 Å². The topological polar surface area (TPSA) is 110 Å². The summed E-state index contributed by atoms with van der Waals surface area (Å²) in [4.78, 5) is 26.2. The molecule has 0 aromatic heterocycles. The third-order valence-corrected chi connectivity index (χ3v) is 16.2. The SMILES string of the molecule is CCCCO[C@@H]1[C@@H](OCCCC)[C@H](OCCCC)[C@@H](O)[C@H](OC(=O)CO[C@H]2CC[C@@]3(C)C(CCC4C3CC[C@@]3(C)C4CC[C@@H]3C(C)CCCC(C)C)C2)[C@@H]1OC(C)=O. The van der Waals surface area contributed by atoms with E-state index >= 15 is 0 Å². The molecule has 0 radical (unpaired) electrons. The van der Waals surface area contributed by atoms with Crippen LogP contribution in [-0.4, -0.2) is 86.2 Å². The van der Waals surface area contributed by atoms with Crippen LogP contribution in [-0.2, 0) is 38.0 Å². The number of ether oxygens (including phenoxy) is 6. The van der Waals surface area contributed by atoms with Gasteiger partial charge in [0.15, 0.2) is 12.2 Å². The quantitative estimate of drug-likeness (QED) is 0.0843. The number of carbonyl (C=O) groups excluding carboxylic acids is 2. The third-order valence-electron chi connectivity index (χ3n) is 16.2. The predicted molar refractivity (Wildman–Crippen MR) is 228 cm³/mol. The monoisotopic (exact) mass is 819 g/mol. The summed E-state index contributed by atoms with van der Waals surface area (Å²) < 4.78 is 37.3. The van der Waals surface area contributed by atoms with Crippen molar-refractivity contribution in [2.45, 2.75) is 221 Å². The molecule has 5 aliphatic rings. The second-order valence-electron chi connectivity index (χ2n) is 20.5. The molecule has 5 rings (SSSR count). The molecule has 9 nitrogen and oxygen atoms in total. The Labute approximate surface area is 353 Å². The molecular weight excluding hydrogens is 733 g/mol. The summed E-state index contributed by atoms with van der Waals surface area (Å²) in [7, 11) is 0. The predicted octanol–water partition coefficient (Wildman–Crippen LogP) is 10.3. The molecule has 15 atom stereocenters. The summed E-state index contributed by atoms with van der Waals surface area (Å²) in [5, 5.41) is 11.8. The van der Waals surface area contributed by atoms with Crippen molar-refractivity contribution in [3.63, 3.8) is 0 Å². The van der Waals surface area contributed by atoms with Crippen LogP contribution in [0.5, 0.6) is 0 Å². The summed E-state index contributed by atoms with van der Waals surface area (Å²) in [5.74, 6) is 4.46. The van der Waals surface area contributed by atoms with Gasteiger partial charge in [-0.05, 0) is 129 Å². The molecular formula is C49H86O9. The molecule has 0 amide bonds. The lowest BCUT2D eigenvalue weighted by atomic mass is 9.44. The number of hydrogen-bond donors (Lipinski definition) is 1. The standard InChI is InChI=1S/C49H86O9/c1-10-13-27-53-43-42(52)44(47(57-34(7)50)46(55-29-15-12-3)45(43)54-28-14-11-2)58-41(51)31-56-36-23-25-48(8)35(30-36)19-20-37-39-22-21-38(33(6)18-16-17-32(4)5)49(39,9)26-24-40(37)48/h32-33,35-40,42-47,52H,10-31H2,1-9H3/t33?,35?,36-,37?,38+,39?,40?,42+,43+,44-,45-,46+,47-,48-,49+/m0/s1. The van der Waals surface area contributed by atoms with E-state index in [2.05, 4.69) is 55.4 Å². The Hall–Kier alpha value is -1.26. The number of esters is 2. The Morgan fingerprint density at radius 2 is 1.26 bits per heavy atom. The van der Waals surface area contributed by atoms with Crippen molar-refractivity contribution in [3.05, 3.63) is 0 Å². The van der Waals surface area contributed by atoms with Gasteiger partial charge in [0, 0.05) is 26.7 Å². The van der Waals surface area contributed by atoms with Gasteiger partial charge < -0.3 is 33.5 Å². The van der Waals surface area contributed by atoms with Crippen molar-refractivity contribution in [3.8, 4) is 0 Å². The maximum atomic E-state index is 13.7. The average Bonchev–Trinajstić information content (AvgIpc) is 3.54. The van der Waals surface area contributed by atoms with E-state index < -0.39 is 48.6 Å². The van der Waals surface area contributed by atoms with Crippen LogP contribution in [0, 0.1) is 52.3 Å². The third kappa shape index (κ3) is 11.2. The number of fused-ring (bicyclic) bond motifs is 5. The van der Waals surface area contributed by atoms with Crippen molar-refractivity contribution in [2.75, 3.05) is 26.4 Å². The van der Waals surface area contributed by atoms with Gasteiger partial charge in [-0.2, -0.15) is 0 Å². The minimum atomic E-state index is -1.28. The number of aliphatic hydroxyl groups excluding tert-OH is 1. The van der Waals surface area contributed by atoms with Gasteiger partial charge in [0.05, 0.1) is 6.10 Å². The fourth-order valence-corrected chi connectivity index (χ4v) is 13.0. The normalized spacial score (nSPS) is 39.1. The molecule has 0 heterocycles. The molecule has 336 valence electrons. The summed E-state index contributed by atoms with van der Waals surface area (Å²) in [6.07, 6.45) is 14.7. The first-order valence-corrected chi connectivity index (χ1v) is 24.3. The first-order valence-electron chi connectivity index (χ1n) is 24.3. The minimum Gasteiger partial charge on any atom is -0.456 e. The van der Waals surface area contributed by atoms with E-state index in [1.165, 1.54) is 64.7 Å². The molecule has 58 heavy (non-hydrogen) atoms. The zero-order valence-electron chi connectivity index (χ0n) is 38.4. The summed E-state index contributed by atoms with van der Waals surface area (Å²) in [6, 6.07) is 0. The van der Waals surface area contributed by atoms with E-state index in [4.69, 9.17) is 28.4 Å². The van der Waals surface area contributed by atoms with E-state index in [1.807, 2.05) is 0 Å². The van der Waals surface area contributed by atoms with E-state index in [9.17, 15) is 14.7 Å². The van der Waals surface area contributed by atoms with Gasteiger partial charge in [0.25, 0.3) is 0 Å². The molecule has 0 saturated heterocycles. The lowest BCUT2D eigenvalue weighted by Crippen LogP contribution is -2.67. The molecule has 0 aromatic rings. The number of aliphatic hydroxyl groups is 1. The van der Waals surface area contributed by atoms with Gasteiger partial charge in [0.2, 0.25) is 0 Å². The molecule has 5 saturated carbocycles. The maximum Gasteiger partial charge on any atom is 0.332 e. The Balaban J connectivity index is 1.21. The maximum absolute atomic E-state index is 13.7. The zero-order valence-corrected chi connectivity index (χ0v) is 38.4. The number of rotatable bonds is 22. The fraction of sp³-hybridized carbons (Fsp3) is 0.959.